The van der Waals surface area contributed by atoms with E-state index in [0.717, 1.165) is 0 Å². The van der Waals surface area contributed by atoms with Gasteiger partial charge in [0.15, 0.2) is 6.10 Å². The van der Waals surface area contributed by atoms with E-state index >= 15 is 0 Å². The summed E-state index contributed by atoms with van der Waals surface area (Å²) in [6.07, 6.45) is -1.08. The van der Waals surface area contributed by atoms with Crippen molar-refractivity contribution < 1.29 is 19.1 Å². The highest BCUT2D eigenvalue weighted by molar-refractivity contribution is 5.96. The second kappa shape index (κ2) is 10.6. The average Bonchev–Trinajstić information content (AvgIpc) is 2.72. The van der Waals surface area contributed by atoms with Gasteiger partial charge in [-0.05, 0) is 49.2 Å². The first kappa shape index (κ1) is 22.4. The van der Waals surface area contributed by atoms with Crippen LogP contribution in [0.2, 0.25) is 0 Å². The molecule has 2 atom stereocenters. The largest absolute Gasteiger partial charge is 0.451 e. The van der Waals surface area contributed by atoms with Gasteiger partial charge in [-0.2, -0.15) is 5.26 Å². The van der Waals surface area contributed by atoms with Crippen LogP contribution in [0.25, 0.3) is 0 Å². The van der Waals surface area contributed by atoms with E-state index in [9.17, 15) is 14.4 Å². The molecule has 30 heavy (non-hydrogen) atoms. The van der Waals surface area contributed by atoms with E-state index in [4.69, 9.17) is 10.00 Å². The van der Waals surface area contributed by atoms with Gasteiger partial charge < -0.3 is 20.7 Å². The lowest BCUT2D eigenvalue weighted by molar-refractivity contribution is -0.156. The fourth-order valence-corrected chi connectivity index (χ4v) is 2.50. The van der Waals surface area contributed by atoms with Crippen molar-refractivity contribution in [1.82, 2.24) is 5.32 Å². The molecular weight excluding hydrogens is 384 g/mol. The number of nitrogens with zero attached hydrogens (tertiary/aromatic N) is 1. The Bertz CT molecular complexity index is 920. The van der Waals surface area contributed by atoms with Crippen molar-refractivity contribution in [2.24, 2.45) is 5.92 Å². The van der Waals surface area contributed by atoms with Crippen LogP contribution in [0, 0.1) is 17.2 Å². The number of hydrogen-bond donors (Lipinski definition) is 3. The van der Waals surface area contributed by atoms with Gasteiger partial charge in [0.1, 0.15) is 6.04 Å². The van der Waals surface area contributed by atoms with E-state index in [1.54, 1.807) is 62.4 Å². The summed E-state index contributed by atoms with van der Waals surface area (Å²) < 4.78 is 5.26. The third kappa shape index (κ3) is 6.63. The molecule has 0 fully saturated rings. The highest BCUT2D eigenvalue weighted by atomic mass is 16.5. The average molecular weight is 408 g/mol. The fraction of sp³-hybridized carbons (Fsp3) is 0.273. The molecule has 0 aliphatic rings. The molecule has 0 saturated heterocycles. The third-order valence-corrected chi connectivity index (χ3v) is 4.18. The molecule has 156 valence electrons. The van der Waals surface area contributed by atoms with Crippen molar-refractivity contribution in [3.63, 3.8) is 0 Å². The van der Waals surface area contributed by atoms with E-state index in [1.165, 1.54) is 6.92 Å². The van der Waals surface area contributed by atoms with Crippen LogP contribution in [0.1, 0.15) is 26.3 Å². The van der Waals surface area contributed by atoms with Gasteiger partial charge in [0.25, 0.3) is 5.91 Å². The minimum absolute atomic E-state index is 0.257. The lowest BCUT2D eigenvalue weighted by Gasteiger charge is -2.23. The maximum absolute atomic E-state index is 12.5. The van der Waals surface area contributed by atoms with Crippen LogP contribution in [0.15, 0.2) is 54.6 Å². The van der Waals surface area contributed by atoms with Crippen LogP contribution in [0.3, 0.4) is 0 Å². The van der Waals surface area contributed by atoms with Crippen LogP contribution >= 0.6 is 0 Å². The van der Waals surface area contributed by atoms with Gasteiger partial charge in [-0.1, -0.05) is 32.0 Å². The zero-order valence-electron chi connectivity index (χ0n) is 17.0. The maximum Gasteiger partial charge on any atom is 0.329 e. The molecule has 3 amide bonds. The number of nitriles is 1. The monoisotopic (exact) mass is 408 g/mol. The van der Waals surface area contributed by atoms with E-state index in [2.05, 4.69) is 16.0 Å². The van der Waals surface area contributed by atoms with Gasteiger partial charge in [0.2, 0.25) is 0 Å². The Labute approximate surface area is 175 Å². The van der Waals surface area contributed by atoms with Gasteiger partial charge in [-0.3, -0.25) is 4.79 Å². The summed E-state index contributed by atoms with van der Waals surface area (Å²) in [5, 5.41) is 16.6. The SMILES string of the molecule is CC(C)[C@@H](NC(=O)Nc1ccccc1)C(=O)O[C@H](C)C(=O)Nc1ccc(C#N)cc1. The highest BCUT2D eigenvalue weighted by Crippen LogP contribution is 2.12. The number of nitrogens with one attached hydrogen (secondary N) is 3. The quantitative estimate of drug-likeness (QED) is 0.607. The first-order chi connectivity index (χ1) is 14.3. The summed E-state index contributed by atoms with van der Waals surface area (Å²) in [4.78, 5) is 37.1. The topological polar surface area (TPSA) is 120 Å². The molecule has 0 saturated carbocycles. The summed E-state index contributed by atoms with van der Waals surface area (Å²) in [5.41, 5.74) is 1.52. The van der Waals surface area contributed by atoms with Crippen molar-refractivity contribution in [2.75, 3.05) is 10.6 Å². The Morgan fingerprint density at radius 1 is 0.900 bits per heavy atom. The standard InChI is InChI=1S/C22H24N4O4/c1-14(2)19(26-22(29)25-17-7-5-4-6-8-17)21(28)30-15(3)20(27)24-18-11-9-16(13-23)10-12-18/h4-12,14-15,19H,1-3H3,(H,24,27)(H2,25,26,29)/t15-,19-/m1/s1. The Hall–Kier alpha value is -3.86. The Morgan fingerprint density at radius 3 is 2.07 bits per heavy atom. The number of anilines is 2. The molecule has 8 heteroatoms. The van der Waals surface area contributed by atoms with Crippen molar-refractivity contribution in [2.45, 2.75) is 32.9 Å². The minimum Gasteiger partial charge on any atom is -0.451 e. The number of para-hydroxylation sites is 1. The summed E-state index contributed by atoms with van der Waals surface area (Å²) >= 11 is 0. The smallest absolute Gasteiger partial charge is 0.329 e. The Balaban J connectivity index is 1.93. The molecule has 0 spiro atoms. The van der Waals surface area contributed by atoms with Gasteiger partial charge in [0.05, 0.1) is 11.6 Å². The van der Waals surface area contributed by atoms with Crippen LogP contribution < -0.4 is 16.0 Å². The predicted octanol–water partition coefficient (Wildman–Crippen LogP) is 3.27. The van der Waals surface area contributed by atoms with Gasteiger partial charge in [-0.25, -0.2) is 9.59 Å². The molecule has 0 heterocycles. The molecule has 0 aliphatic heterocycles. The number of ether oxygens (including phenoxy) is 1. The molecular formula is C22H24N4O4. The Kier molecular flexibility index (Phi) is 7.94. The Morgan fingerprint density at radius 2 is 1.50 bits per heavy atom. The van der Waals surface area contributed by atoms with E-state index < -0.39 is 30.1 Å². The molecule has 0 aliphatic carbocycles. The molecule has 3 N–H and O–H groups in total. The molecule has 8 nitrogen and oxygen atoms in total. The van der Waals surface area contributed by atoms with Crippen molar-refractivity contribution in [3.05, 3.63) is 60.2 Å². The molecule has 0 aromatic heterocycles. The number of carbonyl (C=O) groups excluding carboxylic acids is 3. The molecule has 2 aromatic carbocycles. The molecule has 0 unspecified atom stereocenters. The first-order valence-electron chi connectivity index (χ1n) is 9.44. The number of esters is 1. The van der Waals surface area contributed by atoms with Crippen LogP contribution in [0.5, 0.6) is 0 Å². The normalized spacial score (nSPS) is 12.2. The summed E-state index contributed by atoms with van der Waals surface area (Å²) in [6, 6.07) is 15.6. The lowest BCUT2D eigenvalue weighted by Crippen LogP contribution is -2.48. The molecule has 0 bridgehead atoms. The van der Waals surface area contributed by atoms with Crippen molar-refractivity contribution in [3.8, 4) is 6.07 Å². The van der Waals surface area contributed by atoms with Crippen molar-refractivity contribution >= 4 is 29.3 Å². The predicted molar refractivity (Wildman–Crippen MR) is 113 cm³/mol. The maximum atomic E-state index is 12.5. The second-order valence-electron chi connectivity index (χ2n) is 6.94. The minimum atomic E-state index is -1.08. The van der Waals surface area contributed by atoms with Crippen LogP contribution in [0.4, 0.5) is 16.2 Å². The van der Waals surface area contributed by atoms with Gasteiger partial charge >= 0.3 is 12.0 Å². The first-order valence-corrected chi connectivity index (χ1v) is 9.44. The number of rotatable bonds is 7. The van der Waals surface area contributed by atoms with E-state index in [-0.39, 0.29) is 5.92 Å². The van der Waals surface area contributed by atoms with Crippen molar-refractivity contribution in [1.29, 1.82) is 5.26 Å². The lowest BCUT2D eigenvalue weighted by atomic mass is 10.0. The summed E-state index contributed by atoms with van der Waals surface area (Å²) in [5.74, 6) is -1.49. The molecule has 2 aromatic rings. The third-order valence-electron chi connectivity index (χ3n) is 4.18. The van der Waals surface area contributed by atoms with Gasteiger partial charge in [-0.15, -0.1) is 0 Å². The highest BCUT2D eigenvalue weighted by Gasteiger charge is 2.29. The molecule has 0 radical (unpaired) electrons. The fourth-order valence-electron chi connectivity index (χ4n) is 2.50. The number of hydrogen-bond acceptors (Lipinski definition) is 5. The molecule has 2 rings (SSSR count). The van der Waals surface area contributed by atoms with Gasteiger partial charge in [0, 0.05) is 11.4 Å². The number of amides is 3. The van der Waals surface area contributed by atoms with Crippen LogP contribution in [-0.2, 0) is 14.3 Å². The second-order valence-corrected chi connectivity index (χ2v) is 6.94. The number of benzene rings is 2. The zero-order chi connectivity index (χ0) is 22.1. The van der Waals surface area contributed by atoms with E-state index in [1.807, 2.05) is 12.1 Å². The zero-order valence-corrected chi connectivity index (χ0v) is 17.0. The summed E-state index contributed by atoms with van der Waals surface area (Å²) in [7, 11) is 0. The number of urea groups is 1. The van der Waals surface area contributed by atoms with E-state index in [0.29, 0.717) is 16.9 Å². The summed E-state index contributed by atoms with van der Waals surface area (Å²) in [6.45, 7) is 4.96. The van der Waals surface area contributed by atoms with Crippen LogP contribution in [-0.4, -0.2) is 30.1 Å². The number of carbonyl (C=O) groups is 3.